The number of carbonyl (C=O) groups excluding carboxylic acids is 2. The fourth-order valence-corrected chi connectivity index (χ4v) is 3.84. The summed E-state index contributed by atoms with van der Waals surface area (Å²) in [6, 6.07) is 11.2. The van der Waals surface area contributed by atoms with Crippen LogP contribution in [0.3, 0.4) is 0 Å². The Labute approximate surface area is 139 Å². The standard InChI is InChI=1S/C17H19N3O2S/c18-17(22)12-5-1-2-6-13(12)19-11-16(21)20-9-3-7-14(20)15-8-4-10-23-15/h1-2,4-6,8,10,14,19H,3,7,9,11H2,(H2,18,22). The first-order chi connectivity index (χ1) is 11.2. The van der Waals surface area contributed by atoms with E-state index in [-0.39, 0.29) is 18.5 Å². The summed E-state index contributed by atoms with van der Waals surface area (Å²) < 4.78 is 0. The first-order valence-corrected chi connectivity index (χ1v) is 8.50. The zero-order valence-corrected chi connectivity index (χ0v) is 13.5. The largest absolute Gasteiger partial charge is 0.376 e. The molecule has 5 nitrogen and oxygen atoms in total. The Morgan fingerprint density at radius 2 is 2.09 bits per heavy atom. The van der Waals surface area contributed by atoms with E-state index in [1.807, 2.05) is 22.4 Å². The van der Waals surface area contributed by atoms with Crippen molar-refractivity contribution in [3.05, 3.63) is 52.2 Å². The van der Waals surface area contributed by atoms with Crippen molar-refractivity contribution in [2.75, 3.05) is 18.4 Å². The molecule has 3 N–H and O–H groups in total. The molecule has 6 heteroatoms. The van der Waals surface area contributed by atoms with Crippen LogP contribution in [-0.2, 0) is 4.79 Å². The number of nitrogens with zero attached hydrogens (tertiary/aromatic N) is 1. The van der Waals surface area contributed by atoms with Gasteiger partial charge in [0, 0.05) is 17.1 Å². The summed E-state index contributed by atoms with van der Waals surface area (Å²) in [5, 5.41) is 5.09. The third-order valence-corrected chi connectivity index (χ3v) is 5.04. The molecular formula is C17H19N3O2S. The molecule has 1 aromatic carbocycles. The Morgan fingerprint density at radius 3 is 2.83 bits per heavy atom. The molecule has 0 spiro atoms. The van der Waals surface area contributed by atoms with Gasteiger partial charge >= 0.3 is 0 Å². The van der Waals surface area contributed by atoms with Crippen molar-refractivity contribution >= 4 is 28.8 Å². The molecule has 3 rings (SSSR count). The molecular weight excluding hydrogens is 310 g/mol. The fourth-order valence-electron chi connectivity index (χ4n) is 2.97. The number of para-hydroxylation sites is 1. The van der Waals surface area contributed by atoms with Gasteiger partial charge in [-0.3, -0.25) is 9.59 Å². The van der Waals surface area contributed by atoms with Gasteiger partial charge in [-0.15, -0.1) is 11.3 Å². The van der Waals surface area contributed by atoms with Crippen LogP contribution < -0.4 is 11.1 Å². The smallest absolute Gasteiger partial charge is 0.250 e. The van der Waals surface area contributed by atoms with Gasteiger partial charge < -0.3 is 16.0 Å². The van der Waals surface area contributed by atoms with E-state index in [2.05, 4.69) is 11.4 Å². The first kappa shape index (κ1) is 15.6. The molecule has 1 aliphatic rings. The third kappa shape index (κ3) is 3.37. The number of rotatable bonds is 5. The van der Waals surface area contributed by atoms with Gasteiger partial charge in [-0.25, -0.2) is 0 Å². The molecule has 0 aliphatic carbocycles. The summed E-state index contributed by atoms with van der Waals surface area (Å²) in [7, 11) is 0. The predicted molar refractivity (Wildman–Crippen MR) is 91.5 cm³/mol. The molecule has 1 unspecified atom stereocenters. The number of likely N-dealkylation sites (tertiary alicyclic amines) is 1. The second kappa shape index (κ2) is 6.83. The second-order valence-corrected chi connectivity index (χ2v) is 6.50. The highest BCUT2D eigenvalue weighted by Gasteiger charge is 2.30. The van der Waals surface area contributed by atoms with Crippen molar-refractivity contribution in [1.29, 1.82) is 0 Å². The minimum Gasteiger partial charge on any atom is -0.376 e. The molecule has 0 radical (unpaired) electrons. The number of hydrogen-bond acceptors (Lipinski definition) is 4. The summed E-state index contributed by atoms with van der Waals surface area (Å²) in [5.41, 5.74) is 6.35. The van der Waals surface area contributed by atoms with Crippen molar-refractivity contribution in [1.82, 2.24) is 4.90 Å². The lowest BCUT2D eigenvalue weighted by atomic mass is 10.1. The van der Waals surface area contributed by atoms with Gasteiger partial charge in [-0.2, -0.15) is 0 Å². The normalized spacial score (nSPS) is 17.2. The zero-order valence-electron chi connectivity index (χ0n) is 12.7. The number of benzene rings is 1. The maximum absolute atomic E-state index is 12.6. The van der Waals surface area contributed by atoms with Crippen LogP contribution in [0.5, 0.6) is 0 Å². The SMILES string of the molecule is NC(=O)c1ccccc1NCC(=O)N1CCCC1c1cccs1. The van der Waals surface area contributed by atoms with Gasteiger partial charge in [-0.05, 0) is 36.4 Å². The van der Waals surface area contributed by atoms with Crippen molar-refractivity contribution in [3.8, 4) is 0 Å². The quantitative estimate of drug-likeness (QED) is 0.885. The van der Waals surface area contributed by atoms with Gasteiger partial charge in [0.15, 0.2) is 0 Å². The summed E-state index contributed by atoms with van der Waals surface area (Å²) in [6.07, 6.45) is 2.02. The molecule has 2 amide bonds. The summed E-state index contributed by atoms with van der Waals surface area (Å²) in [6.45, 7) is 0.937. The van der Waals surface area contributed by atoms with Crippen LogP contribution in [0.4, 0.5) is 5.69 Å². The number of amides is 2. The summed E-state index contributed by atoms with van der Waals surface area (Å²) in [4.78, 5) is 27.1. The van der Waals surface area contributed by atoms with Crippen molar-refractivity contribution in [2.24, 2.45) is 5.73 Å². The van der Waals surface area contributed by atoms with Crippen molar-refractivity contribution < 1.29 is 9.59 Å². The van der Waals surface area contributed by atoms with Crippen LogP contribution in [-0.4, -0.2) is 29.8 Å². The van der Waals surface area contributed by atoms with Crippen LogP contribution in [0, 0.1) is 0 Å². The topological polar surface area (TPSA) is 75.4 Å². The average molecular weight is 329 g/mol. The Balaban J connectivity index is 1.67. The van der Waals surface area contributed by atoms with E-state index in [9.17, 15) is 9.59 Å². The molecule has 1 aromatic heterocycles. The first-order valence-electron chi connectivity index (χ1n) is 7.62. The maximum Gasteiger partial charge on any atom is 0.250 e. The summed E-state index contributed by atoms with van der Waals surface area (Å²) in [5.74, 6) is -0.460. The predicted octanol–water partition coefficient (Wildman–Crippen LogP) is 2.62. The van der Waals surface area contributed by atoms with Gasteiger partial charge in [-0.1, -0.05) is 18.2 Å². The minimum absolute atomic E-state index is 0.0418. The number of nitrogens with one attached hydrogen (secondary N) is 1. The van der Waals surface area contributed by atoms with Crippen LogP contribution in [0.2, 0.25) is 0 Å². The molecule has 1 atom stereocenters. The van der Waals surface area contributed by atoms with Crippen LogP contribution in [0.1, 0.15) is 34.1 Å². The van der Waals surface area contributed by atoms with Gasteiger partial charge in [0.05, 0.1) is 18.2 Å². The molecule has 2 heterocycles. The van der Waals surface area contributed by atoms with Crippen molar-refractivity contribution in [2.45, 2.75) is 18.9 Å². The number of thiophene rings is 1. The fraction of sp³-hybridized carbons (Fsp3) is 0.294. The molecule has 1 fully saturated rings. The monoisotopic (exact) mass is 329 g/mol. The van der Waals surface area contributed by atoms with Gasteiger partial charge in [0.1, 0.15) is 0 Å². The molecule has 1 aliphatic heterocycles. The third-order valence-electron chi connectivity index (χ3n) is 4.07. The van der Waals surface area contributed by atoms with Gasteiger partial charge in [0.2, 0.25) is 5.91 Å². The van der Waals surface area contributed by atoms with Crippen LogP contribution in [0.25, 0.3) is 0 Å². The summed E-state index contributed by atoms with van der Waals surface area (Å²) >= 11 is 1.69. The number of carbonyl (C=O) groups is 2. The highest BCUT2D eigenvalue weighted by atomic mass is 32.1. The lowest BCUT2D eigenvalue weighted by molar-refractivity contribution is -0.130. The van der Waals surface area contributed by atoms with E-state index >= 15 is 0 Å². The molecule has 2 aromatic rings. The van der Waals surface area contributed by atoms with E-state index in [0.29, 0.717) is 11.3 Å². The van der Waals surface area contributed by atoms with E-state index in [0.717, 1.165) is 19.4 Å². The van der Waals surface area contributed by atoms with Crippen LogP contribution >= 0.6 is 11.3 Å². The number of hydrogen-bond donors (Lipinski definition) is 2. The Morgan fingerprint density at radius 1 is 1.26 bits per heavy atom. The highest BCUT2D eigenvalue weighted by molar-refractivity contribution is 7.10. The highest BCUT2D eigenvalue weighted by Crippen LogP contribution is 2.34. The number of nitrogens with two attached hydrogens (primary N) is 1. The lowest BCUT2D eigenvalue weighted by Gasteiger charge is -2.24. The van der Waals surface area contributed by atoms with E-state index in [4.69, 9.17) is 5.73 Å². The lowest BCUT2D eigenvalue weighted by Crippen LogP contribution is -2.35. The van der Waals surface area contributed by atoms with E-state index in [1.54, 1.807) is 29.5 Å². The van der Waals surface area contributed by atoms with E-state index in [1.165, 1.54) is 4.88 Å². The average Bonchev–Trinajstić information content (AvgIpc) is 3.23. The minimum atomic E-state index is -0.502. The molecule has 0 bridgehead atoms. The zero-order chi connectivity index (χ0) is 16.2. The number of primary amides is 1. The van der Waals surface area contributed by atoms with Crippen molar-refractivity contribution in [3.63, 3.8) is 0 Å². The molecule has 23 heavy (non-hydrogen) atoms. The Hall–Kier alpha value is -2.34. The molecule has 0 saturated carbocycles. The number of anilines is 1. The van der Waals surface area contributed by atoms with E-state index < -0.39 is 5.91 Å². The Kier molecular flexibility index (Phi) is 4.62. The molecule has 1 saturated heterocycles. The Bertz CT molecular complexity index is 700. The maximum atomic E-state index is 12.6. The second-order valence-electron chi connectivity index (χ2n) is 5.52. The molecule has 120 valence electrons. The van der Waals surface area contributed by atoms with Crippen LogP contribution in [0.15, 0.2) is 41.8 Å². The van der Waals surface area contributed by atoms with Gasteiger partial charge in [0.25, 0.3) is 5.91 Å².